The quantitative estimate of drug-likeness (QED) is 0.809. The Balaban J connectivity index is 2.54. The number of aliphatic carboxylic acids is 1. The molecule has 1 heterocycles. The molecule has 5 heteroatoms. The average Bonchev–Trinajstić information content (AvgIpc) is 2.56. The van der Waals surface area contributed by atoms with Crippen molar-refractivity contribution in [3.63, 3.8) is 0 Å². The Bertz CT molecular complexity index is 379. The molecule has 0 saturated heterocycles. The molecule has 0 saturated carbocycles. The lowest BCUT2D eigenvalue weighted by Crippen LogP contribution is -2.31. The SMILES string of the molecule is Cc1nc(CN(CCCC(=O)O)C(C)C)oc1C. The highest BCUT2D eigenvalue weighted by Crippen LogP contribution is 2.13. The van der Waals surface area contributed by atoms with Crippen molar-refractivity contribution in [3.8, 4) is 0 Å². The van der Waals surface area contributed by atoms with E-state index in [2.05, 4.69) is 23.7 Å². The average molecular weight is 254 g/mol. The van der Waals surface area contributed by atoms with Gasteiger partial charge in [0.05, 0.1) is 12.2 Å². The Labute approximate surface area is 108 Å². The minimum atomic E-state index is -0.749. The fourth-order valence-electron chi connectivity index (χ4n) is 1.73. The first-order valence-corrected chi connectivity index (χ1v) is 6.29. The number of rotatable bonds is 7. The largest absolute Gasteiger partial charge is 0.481 e. The predicted octanol–water partition coefficient (Wildman–Crippen LogP) is 2.37. The van der Waals surface area contributed by atoms with Crippen molar-refractivity contribution in [1.82, 2.24) is 9.88 Å². The minimum absolute atomic E-state index is 0.201. The van der Waals surface area contributed by atoms with Crippen LogP contribution >= 0.6 is 0 Å². The standard InChI is InChI=1S/C13H22N2O3/c1-9(2)15(7-5-6-13(16)17)8-12-14-10(3)11(4)18-12/h9H,5-8H2,1-4H3,(H,16,17). The van der Waals surface area contributed by atoms with Crippen LogP contribution in [0.3, 0.4) is 0 Å². The molecule has 1 aromatic heterocycles. The Morgan fingerprint density at radius 3 is 2.56 bits per heavy atom. The number of carboxylic acids is 1. The molecule has 0 aliphatic rings. The summed E-state index contributed by atoms with van der Waals surface area (Å²) in [4.78, 5) is 17.0. The maximum absolute atomic E-state index is 10.5. The van der Waals surface area contributed by atoms with Gasteiger partial charge in [-0.1, -0.05) is 0 Å². The second-order valence-corrected chi connectivity index (χ2v) is 4.81. The van der Waals surface area contributed by atoms with Gasteiger partial charge in [-0.15, -0.1) is 0 Å². The summed E-state index contributed by atoms with van der Waals surface area (Å²) in [6.07, 6.45) is 0.846. The molecule has 1 rings (SSSR count). The van der Waals surface area contributed by atoms with Crippen LogP contribution in [0.5, 0.6) is 0 Å². The first-order valence-electron chi connectivity index (χ1n) is 6.29. The molecule has 0 amide bonds. The van der Waals surface area contributed by atoms with Crippen molar-refractivity contribution in [2.75, 3.05) is 6.54 Å². The summed E-state index contributed by atoms with van der Waals surface area (Å²) in [5, 5.41) is 8.65. The summed E-state index contributed by atoms with van der Waals surface area (Å²) >= 11 is 0. The number of carboxylic acid groups (broad SMARTS) is 1. The van der Waals surface area contributed by atoms with Crippen molar-refractivity contribution in [1.29, 1.82) is 0 Å². The fourth-order valence-corrected chi connectivity index (χ4v) is 1.73. The van der Waals surface area contributed by atoms with E-state index in [1.54, 1.807) is 0 Å². The summed E-state index contributed by atoms with van der Waals surface area (Å²) in [5.41, 5.74) is 0.916. The number of oxazole rings is 1. The molecule has 0 bridgehead atoms. The summed E-state index contributed by atoms with van der Waals surface area (Å²) in [7, 11) is 0. The van der Waals surface area contributed by atoms with Crippen molar-refractivity contribution in [2.45, 2.75) is 53.1 Å². The van der Waals surface area contributed by atoms with Gasteiger partial charge in [0.25, 0.3) is 0 Å². The molecule has 0 fully saturated rings. The molecule has 1 aromatic rings. The van der Waals surface area contributed by atoms with Gasteiger partial charge >= 0.3 is 5.97 Å². The van der Waals surface area contributed by atoms with Crippen LogP contribution in [0.1, 0.15) is 44.0 Å². The second kappa shape index (κ2) is 6.54. The van der Waals surface area contributed by atoms with Gasteiger partial charge in [-0.2, -0.15) is 0 Å². The van der Waals surface area contributed by atoms with Crippen LogP contribution in [0.25, 0.3) is 0 Å². The van der Waals surface area contributed by atoms with E-state index in [1.165, 1.54) is 0 Å². The number of nitrogens with zero attached hydrogens (tertiary/aromatic N) is 2. The van der Waals surface area contributed by atoms with Gasteiger partial charge in [-0.3, -0.25) is 9.69 Å². The summed E-state index contributed by atoms with van der Waals surface area (Å²) in [5.74, 6) is 0.801. The molecule has 18 heavy (non-hydrogen) atoms. The van der Waals surface area contributed by atoms with E-state index in [9.17, 15) is 4.79 Å². The molecule has 0 aliphatic heterocycles. The number of aryl methyl sites for hydroxylation is 2. The molecule has 5 nitrogen and oxygen atoms in total. The Kier molecular flexibility index (Phi) is 5.34. The molecular weight excluding hydrogens is 232 g/mol. The van der Waals surface area contributed by atoms with Gasteiger partial charge in [-0.25, -0.2) is 4.98 Å². The maximum Gasteiger partial charge on any atom is 0.303 e. The summed E-state index contributed by atoms with van der Waals surface area (Å²) in [6, 6.07) is 0.339. The zero-order chi connectivity index (χ0) is 13.7. The lowest BCUT2D eigenvalue weighted by molar-refractivity contribution is -0.137. The highest BCUT2D eigenvalue weighted by atomic mass is 16.4. The van der Waals surface area contributed by atoms with Crippen molar-refractivity contribution >= 4 is 5.97 Å². The van der Waals surface area contributed by atoms with Gasteiger partial charge in [0.1, 0.15) is 5.76 Å². The Morgan fingerprint density at radius 1 is 1.44 bits per heavy atom. The third-order valence-corrected chi connectivity index (χ3v) is 2.98. The molecule has 0 aromatic carbocycles. The normalized spacial score (nSPS) is 11.4. The van der Waals surface area contributed by atoms with E-state index in [1.807, 2.05) is 13.8 Å². The smallest absolute Gasteiger partial charge is 0.303 e. The first kappa shape index (κ1) is 14.7. The predicted molar refractivity (Wildman–Crippen MR) is 68.4 cm³/mol. The van der Waals surface area contributed by atoms with Gasteiger partial charge in [-0.05, 0) is 40.7 Å². The lowest BCUT2D eigenvalue weighted by atomic mass is 10.2. The highest BCUT2D eigenvalue weighted by Gasteiger charge is 2.14. The van der Waals surface area contributed by atoms with Gasteiger partial charge in [0.15, 0.2) is 0 Å². The van der Waals surface area contributed by atoms with E-state index in [0.29, 0.717) is 24.9 Å². The van der Waals surface area contributed by atoms with Crippen LogP contribution < -0.4 is 0 Å². The number of hydrogen-bond acceptors (Lipinski definition) is 4. The van der Waals surface area contributed by atoms with Crippen LogP contribution in [0, 0.1) is 13.8 Å². The van der Waals surface area contributed by atoms with Gasteiger partial charge in [0, 0.05) is 12.5 Å². The van der Waals surface area contributed by atoms with E-state index in [0.717, 1.165) is 18.0 Å². The van der Waals surface area contributed by atoms with Crippen LogP contribution in [-0.2, 0) is 11.3 Å². The van der Waals surface area contributed by atoms with Gasteiger partial charge in [0.2, 0.25) is 5.89 Å². The highest BCUT2D eigenvalue weighted by molar-refractivity contribution is 5.66. The summed E-state index contributed by atoms with van der Waals surface area (Å²) in [6.45, 7) is 9.37. The zero-order valence-electron chi connectivity index (χ0n) is 11.6. The minimum Gasteiger partial charge on any atom is -0.481 e. The van der Waals surface area contributed by atoms with Crippen molar-refractivity contribution < 1.29 is 14.3 Å². The molecule has 0 spiro atoms. The van der Waals surface area contributed by atoms with Crippen molar-refractivity contribution in [2.24, 2.45) is 0 Å². The monoisotopic (exact) mass is 254 g/mol. The molecule has 0 radical (unpaired) electrons. The van der Waals surface area contributed by atoms with Crippen molar-refractivity contribution in [3.05, 3.63) is 17.3 Å². The summed E-state index contributed by atoms with van der Waals surface area (Å²) < 4.78 is 5.55. The van der Waals surface area contributed by atoms with Gasteiger partial charge < -0.3 is 9.52 Å². The van der Waals surface area contributed by atoms with E-state index in [-0.39, 0.29) is 6.42 Å². The lowest BCUT2D eigenvalue weighted by Gasteiger charge is -2.24. The molecule has 102 valence electrons. The molecule has 0 unspecified atom stereocenters. The van der Waals surface area contributed by atoms with Crippen LogP contribution in [0.15, 0.2) is 4.42 Å². The first-order chi connectivity index (χ1) is 8.40. The second-order valence-electron chi connectivity index (χ2n) is 4.81. The third-order valence-electron chi connectivity index (χ3n) is 2.98. The molecule has 1 N–H and O–H groups in total. The number of hydrogen-bond donors (Lipinski definition) is 1. The number of carbonyl (C=O) groups is 1. The third kappa shape index (κ3) is 4.49. The van der Waals surface area contributed by atoms with Crippen LogP contribution in [0.2, 0.25) is 0 Å². The topological polar surface area (TPSA) is 66.6 Å². The number of aromatic nitrogens is 1. The Hall–Kier alpha value is -1.36. The van der Waals surface area contributed by atoms with E-state index in [4.69, 9.17) is 9.52 Å². The van der Waals surface area contributed by atoms with Crippen LogP contribution in [-0.4, -0.2) is 33.5 Å². The van der Waals surface area contributed by atoms with E-state index < -0.39 is 5.97 Å². The van der Waals surface area contributed by atoms with Crippen LogP contribution in [0.4, 0.5) is 0 Å². The molecular formula is C13H22N2O3. The van der Waals surface area contributed by atoms with E-state index >= 15 is 0 Å². The zero-order valence-corrected chi connectivity index (χ0v) is 11.6. The fraction of sp³-hybridized carbons (Fsp3) is 0.692. The maximum atomic E-state index is 10.5. The Morgan fingerprint density at radius 2 is 2.11 bits per heavy atom. The molecule has 0 aliphatic carbocycles. The molecule has 0 atom stereocenters.